The van der Waals surface area contributed by atoms with E-state index in [-0.39, 0.29) is 22.1 Å². The average Bonchev–Trinajstić information content (AvgIpc) is 2.75. The van der Waals surface area contributed by atoms with Gasteiger partial charge < -0.3 is 15.0 Å². The summed E-state index contributed by atoms with van der Waals surface area (Å²) in [6.45, 7) is 0. The molecular weight excluding hydrogens is 405 g/mol. The molecule has 0 saturated heterocycles. The van der Waals surface area contributed by atoms with Gasteiger partial charge in [-0.15, -0.1) is 0 Å². The van der Waals surface area contributed by atoms with Crippen molar-refractivity contribution in [2.45, 2.75) is 0 Å². The third-order valence-electron chi connectivity index (χ3n) is 4.59. The molecule has 0 bridgehead atoms. The molecule has 1 heterocycles. The second-order valence-corrected chi connectivity index (χ2v) is 6.88. The number of hydrogen-bond acceptors (Lipinski definition) is 4. The Morgan fingerprint density at radius 3 is 2.43 bits per heavy atom. The molecule has 0 atom stereocenters. The number of carbonyl (C=O) groups excluding carboxylic acids is 1. The molecule has 6 nitrogen and oxygen atoms in total. The Labute approximate surface area is 175 Å². The van der Waals surface area contributed by atoms with E-state index in [2.05, 4.69) is 10.3 Å². The minimum Gasteiger partial charge on any atom is -0.497 e. The van der Waals surface area contributed by atoms with Crippen LogP contribution in [0, 0.1) is 10.6 Å². The van der Waals surface area contributed by atoms with Gasteiger partial charge in [0.2, 0.25) is 0 Å². The van der Waals surface area contributed by atoms with E-state index in [0.717, 1.165) is 0 Å². The average molecular weight is 421 g/mol. The predicted molar refractivity (Wildman–Crippen MR) is 116 cm³/mol. The van der Waals surface area contributed by atoms with Crippen LogP contribution in [-0.4, -0.2) is 22.6 Å². The number of ether oxygens (including phenoxy) is 1. The number of fused-ring (bicyclic) bond motifs is 1. The normalized spacial score (nSPS) is 10.7. The lowest BCUT2D eigenvalue weighted by Crippen LogP contribution is -2.21. The molecule has 0 aliphatic rings. The zero-order chi connectivity index (χ0) is 21.3. The first-order valence-electron chi connectivity index (χ1n) is 8.97. The zero-order valence-corrected chi connectivity index (χ0v) is 16.6. The monoisotopic (exact) mass is 421 g/mol. The van der Waals surface area contributed by atoms with E-state index >= 15 is 0 Å². The number of carbonyl (C=O) groups is 1. The molecule has 4 aromatic rings. The largest absolute Gasteiger partial charge is 0.497 e. The van der Waals surface area contributed by atoms with Gasteiger partial charge in [-0.1, -0.05) is 0 Å². The zero-order valence-electron chi connectivity index (χ0n) is 15.8. The van der Waals surface area contributed by atoms with E-state index in [1.54, 1.807) is 49.6 Å². The molecule has 30 heavy (non-hydrogen) atoms. The Morgan fingerprint density at radius 1 is 1.07 bits per heavy atom. The summed E-state index contributed by atoms with van der Waals surface area (Å²) in [6, 6.07) is 17.1. The fourth-order valence-electron chi connectivity index (χ4n) is 3.06. The van der Waals surface area contributed by atoms with Crippen LogP contribution >= 0.6 is 12.2 Å². The maximum Gasteiger partial charge on any atom is 0.266 e. The molecule has 1 amide bonds. The van der Waals surface area contributed by atoms with Gasteiger partial charge in [0.15, 0.2) is 4.77 Å². The van der Waals surface area contributed by atoms with Gasteiger partial charge in [0.1, 0.15) is 11.6 Å². The highest BCUT2D eigenvalue weighted by Crippen LogP contribution is 2.17. The number of nitrogens with one attached hydrogen (secondary N) is 2. The number of amides is 1. The van der Waals surface area contributed by atoms with Crippen molar-refractivity contribution in [3.8, 4) is 11.4 Å². The number of H-pyrrole nitrogens is 1. The van der Waals surface area contributed by atoms with Crippen LogP contribution < -0.4 is 15.6 Å². The quantitative estimate of drug-likeness (QED) is 0.478. The predicted octanol–water partition coefficient (Wildman–Crippen LogP) is 4.45. The first-order chi connectivity index (χ1) is 14.5. The summed E-state index contributed by atoms with van der Waals surface area (Å²) in [5, 5.41) is 3.07. The number of anilines is 1. The maximum absolute atomic E-state index is 13.0. The lowest BCUT2D eigenvalue weighted by atomic mass is 10.1. The number of aromatic amines is 1. The summed E-state index contributed by atoms with van der Waals surface area (Å²) in [5.41, 5.74) is 1.54. The molecule has 3 aromatic carbocycles. The van der Waals surface area contributed by atoms with Crippen molar-refractivity contribution in [3.05, 3.63) is 93.2 Å². The Hall–Kier alpha value is -3.78. The first kappa shape index (κ1) is 19.5. The first-order valence-corrected chi connectivity index (χ1v) is 9.37. The van der Waals surface area contributed by atoms with Crippen LogP contribution in [0.2, 0.25) is 0 Å². The van der Waals surface area contributed by atoms with E-state index in [1.165, 1.54) is 28.8 Å². The van der Waals surface area contributed by atoms with Crippen molar-refractivity contribution in [1.82, 2.24) is 9.55 Å². The van der Waals surface area contributed by atoms with Gasteiger partial charge in [-0.25, -0.2) is 4.39 Å². The van der Waals surface area contributed by atoms with Crippen molar-refractivity contribution in [2.24, 2.45) is 0 Å². The highest BCUT2D eigenvalue weighted by atomic mass is 32.1. The fraction of sp³-hybridized carbons (Fsp3) is 0.0455. The summed E-state index contributed by atoms with van der Waals surface area (Å²) in [6.07, 6.45) is 0. The summed E-state index contributed by atoms with van der Waals surface area (Å²) >= 11 is 5.38. The fourth-order valence-corrected chi connectivity index (χ4v) is 3.36. The van der Waals surface area contributed by atoms with E-state index in [1.807, 2.05) is 0 Å². The van der Waals surface area contributed by atoms with Gasteiger partial charge in [0.05, 0.1) is 23.7 Å². The topological polar surface area (TPSA) is 76.1 Å². The minimum atomic E-state index is -0.389. The molecule has 4 rings (SSSR count). The van der Waals surface area contributed by atoms with Crippen LogP contribution in [0.5, 0.6) is 5.75 Å². The number of methoxy groups -OCH3 is 1. The van der Waals surface area contributed by atoms with Crippen LogP contribution in [0.15, 0.2) is 71.5 Å². The molecule has 0 spiro atoms. The van der Waals surface area contributed by atoms with Gasteiger partial charge in [-0.3, -0.25) is 14.2 Å². The van der Waals surface area contributed by atoms with Gasteiger partial charge >= 0.3 is 0 Å². The third-order valence-corrected chi connectivity index (χ3v) is 4.88. The number of rotatable bonds is 4. The molecule has 8 heteroatoms. The highest BCUT2D eigenvalue weighted by Gasteiger charge is 2.12. The molecule has 2 N–H and O–H groups in total. The van der Waals surface area contributed by atoms with Crippen molar-refractivity contribution < 1.29 is 13.9 Å². The molecule has 0 unspecified atom stereocenters. The van der Waals surface area contributed by atoms with Gasteiger partial charge in [-0.2, -0.15) is 0 Å². The molecule has 0 saturated carbocycles. The molecular formula is C22H16FN3O3S. The SMILES string of the molecule is COc1ccc(-n2c(=S)[nH]c3cc(C(=O)Nc4ccc(F)cc4)ccc3c2=O)cc1. The number of hydrogen-bond donors (Lipinski definition) is 2. The molecule has 0 fully saturated rings. The number of halogens is 1. The molecule has 150 valence electrons. The Balaban J connectivity index is 1.71. The summed E-state index contributed by atoms with van der Waals surface area (Å²) in [5.74, 6) is -0.110. The lowest BCUT2D eigenvalue weighted by molar-refractivity contribution is 0.102. The number of nitrogens with zero attached hydrogens (tertiary/aromatic N) is 1. The smallest absolute Gasteiger partial charge is 0.266 e. The summed E-state index contributed by atoms with van der Waals surface area (Å²) < 4.78 is 19.8. The van der Waals surface area contributed by atoms with Crippen LogP contribution in [-0.2, 0) is 0 Å². The van der Waals surface area contributed by atoms with Crippen LogP contribution in [0.3, 0.4) is 0 Å². The Morgan fingerprint density at radius 2 is 1.77 bits per heavy atom. The lowest BCUT2D eigenvalue weighted by Gasteiger charge is -2.10. The molecule has 0 aliphatic carbocycles. The number of aromatic nitrogens is 2. The maximum atomic E-state index is 13.0. The van der Waals surface area contributed by atoms with Gasteiger partial charge in [0.25, 0.3) is 11.5 Å². The second kappa shape index (κ2) is 7.92. The van der Waals surface area contributed by atoms with Crippen molar-refractivity contribution in [3.63, 3.8) is 0 Å². The van der Waals surface area contributed by atoms with Crippen LogP contribution in [0.1, 0.15) is 10.4 Å². The Kier molecular flexibility index (Phi) is 5.16. The van der Waals surface area contributed by atoms with Crippen LogP contribution in [0.4, 0.5) is 10.1 Å². The minimum absolute atomic E-state index is 0.203. The van der Waals surface area contributed by atoms with Gasteiger partial charge in [-0.05, 0) is 78.9 Å². The Bertz CT molecular complexity index is 1360. The van der Waals surface area contributed by atoms with Crippen molar-refractivity contribution >= 4 is 34.7 Å². The summed E-state index contributed by atoms with van der Waals surface area (Å²) in [7, 11) is 1.56. The third kappa shape index (κ3) is 3.72. The molecule has 1 aromatic heterocycles. The molecule has 0 radical (unpaired) electrons. The molecule has 0 aliphatic heterocycles. The van der Waals surface area contributed by atoms with Gasteiger partial charge in [0, 0.05) is 11.3 Å². The second-order valence-electron chi connectivity index (χ2n) is 6.49. The van der Waals surface area contributed by atoms with E-state index in [9.17, 15) is 14.0 Å². The van der Waals surface area contributed by atoms with E-state index < -0.39 is 0 Å². The van der Waals surface area contributed by atoms with Crippen molar-refractivity contribution in [1.29, 1.82) is 0 Å². The van der Waals surface area contributed by atoms with E-state index in [4.69, 9.17) is 17.0 Å². The number of benzene rings is 3. The standard InChI is InChI=1S/C22H16FN3O3S/c1-29-17-9-7-16(8-10-17)26-21(28)18-11-2-13(12-19(18)25-22(26)30)20(27)24-15-5-3-14(23)4-6-15/h2-12H,1H3,(H,24,27)(H,25,30). The highest BCUT2D eigenvalue weighted by molar-refractivity contribution is 7.71. The summed E-state index contributed by atoms with van der Waals surface area (Å²) in [4.78, 5) is 28.5. The van der Waals surface area contributed by atoms with Crippen molar-refractivity contribution in [2.75, 3.05) is 12.4 Å². The van der Waals surface area contributed by atoms with Crippen LogP contribution in [0.25, 0.3) is 16.6 Å². The van der Waals surface area contributed by atoms with E-state index in [0.29, 0.717) is 33.6 Å².